The van der Waals surface area contributed by atoms with Gasteiger partial charge < -0.3 is 5.11 Å². The van der Waals surface area contributed by atoms with Crippen LogP contribution >= 0.6 is 0 Å². The molecule has 0 bridgehead atoms. The topological polar surface area (TPSA) is 20.2 Å². The summed E-state index contributed by atoms with van der Waals surface area (Å²) in [6.45, 7) is 10.9. The van der Waals surface area contributed by atoms with Gasteiger partial charge in [-0.3, -0.25) is 0 Å². The van der Waals surface area contributed by atoms with Gasteiger partial charge in [0.1, 0.15) is 0 Å². The van der Waals surface area contributed by atoms with Crippen molar-refractivity contribution in [2.24, 2.45) is 23.7 Å². The van der Waals surface area contributed by atoms with Crippen LogP contribution in [0.15, 0.2) is 0 Å². The third kappa shape index (κ3) is 2.31. The molecule has 0 aliphatic heterocycles. The minimum atomic E-state index is -0.464. The lowest BCUT2D eigenvalue weighted by molar-refractivity contribution is -0.0665. The van der Waals surface area contributed by atoms with Crippen molar-refractivity contribution in [2.45, 2.75) is 59.5 Å². The van der Waals surface area contributed by atoms with E-state index in [4.69, 9.17) is 0 Å². The van der Waals surface area contributed by atoms with Crippen LogP contribution in [-0.4, -0.2) is 10.7 Å². The first kappa shape index (κ1) is 12.0. The molecule has 0 radical (unpaired) electrons. The Bertz CT molecular complexity index is 184. The van der Waals surface area contributed by atoms with Gasteiger partial charge in [0.15, 0.2) is 0 Å². The summed E-state index contributed by atoms with van der Waals surface area (Å²) in [4.78, 5) is 0. The van der Waals surface area contributed by atoms with E-state index in [1.54, 1.807) is 0 Å². The molecule has 1 fully saturated rings. The van der Waals surface area contributed by atoms with Gasteiger partial charge >= 0.3 is 0 Å². The van der Waals surface area contributed by atoms with Crippen LogP contribution in [0.25, 0.3) is 0 Å². The smallest absolute Gasteiger partial charge is 0.0670 e. The van der Waals surface area contributed by atoms with E-state index in [0.29, 0.717) is 11.8 Å². The van der Waals surface area contributed by atoms with Crippen molar-refractivity contribution in [1.29, 1.82) is 0 Å². The Morgan fingerprint density at radius 1 is 1.14 bits per heavy atom. The molecule has 4 unspecified atom stereocenters. The Labute approximate surface area is 88.9 Å². The molecule has 1 nitrogen and oxygen atoms in total. The molecule has 0 spiro atoms. The molecular formula is C13H26O. The monoisotopic (exact) mass is 198 g/mol. The average Bonchev–Trinajstić information content (AvgIpc) is 2.09. The second-order valence-electron chi connectivity index (χ2n) is 5.85. The first-order valence-corrected chi connectivity index (χ1v) is 6.08. The van der Waals surface area contributed by atoms with E-state index < -0.39 is 5.60 Å². The SMILES string of the molecule is CC1CCC(C(C)(O)C(C)C)CC1C. The summed E-state index contributed by atoms with van der Waals surface area (Å²) in [5, 5.41) is 10.4. The summed E-state index contributed by atoms with van der Waals surface area (Å²) in [6.07, 6.45) is 3.69. The molecule has 1 aliphatic rings. The van der Waals surface area contributed by atoms with Crippen molar-refractivity contribution in [3.05, 3.63) is 0 Å². The second kappa shape index (κ2) is 4.22. The zero-order valence-electron chi connectivity index (χ0n) is 10.4. The summed E-state index contributed by atoms with van der Waals surface area (Å²) < 4.78 is 0. The maximum absolute atomic E-state index is 10.4. The predicted molar refractivity (Wildman–Crippen MR) is 61.1 cm³/mol. The highest BCUT2D eigenvalue weighted by atomic mass is 16.3. The van der Waals surface area contributed by atoms with E-state index in [2.05, 4.69) is 27.7 Å². The quantitative estimate of drug-likeness (QED) is 0.720. The lowest BCUT2D eigenvalue weighted by Gasteiger charge is -2.42. The van der Waals surface area contributed by atoms with Gasteiger partial charge in [0.2, 0.25) is 0 Å². The van der Waals surface area contributed by atoms with Crippen LogP contribution in [0.4, 0.5) is 0 Å². The minimum Gasteiger partial charge on any atom is -0.390 e. The minimum absolute atomic E-state index is 0.369. The molecule has 14 heavy (non-hydrogen) atoms. The summed E-state index contributed by atoms with van der Waals surface area (Å²) in [5.41, 5.74) is -0.464. The molecule has 84 valence electrons. The molecular weight excluding hydrogens is 172 g/mol. The van der Waals surface area contributed by atoms with E-state index in [1.807, 2.05) is 6.92 Å². The molecule has 0 aromatic carbocycles. The largest absolute Gasteiger partial charge is 0.390 e. The van der Waals surface area contributed by atoms with E-state index in [9.17, 15) is 5.11 Å². The fourth-order valence-electron chi connectivity index (χ4n) is 2.55. The van der Waals surface area contributed by atoms with Crippen molar-refractivity contribution < 1.29 is 5.11 Å². The number of aliphatic hydroxyl groups is 1. The van der Waals surface area contributed by atoms with Crippen molar-refractivity contribution in [3.63, 3.8) is 0 Å². The first-order valence-electron chi connectivity index (χ1n) is 6.08. The van der Waals surface area contributed by atoms with Crippen LogP contribution in [0.1, 0.15) is 53.9 Å². The lowest BCUT2D eigenvalue weighted by atomic mass is 9.67. The van der Waals surface area contributed by atoms with Crippen molar-refractivity contribution >= 4 is 0 Å². The normalized spacial score (nSPS) is 38.4. The third-order valence-electron chi connectivity index (χ3n) is 4.59. The number of hydrogen-bond acceptors (Lipinski definition) is 1. The summed E-state index contributed by atoms with van der Waals surface area (Å²) >= 11 is 0. The second-order valence-corrected chi connectivity index (χ2v) is 5.85. The van der Waals surface area contributed by atoms with Crippen molar-refractivity contribution in [1.82, 2.24) is 0 Å². The molecule has 0 heterocycles. The van der Waals surface area contributed by atoms with Crippen LogP contribution in [0.2, 0.25) is 0 Å². The van der Waals surface area contributed by atoms with Crippen LogP contribution in [0, 0.1) is 23.7 Å². The fraction of sp³-hybridized carbons (Fsp3) is 1.00. The highest BCUT2D eigenvalue weighted by Crippen LogP contribution is 2.41. The summed E-state index contributed by atoms with van der Waals surface area (Å²) in [7, 11) is 0. The van der Waals surface area contributed by atoms with Crippen molar-refractivity contribution in [2.75, 3.05) is 0 Å². The van der Waals surface area contributed by atoms with Crippen LogP contribution in [0.5, 0.6) is 0 Å². The fourth-order valence-corrected chi connectivity index (χ4v) is 2.55. The first-order chi connectivity index (χ1) is 6.35. The van der Waals surface area contributed by atoms with E-state index in [0.717, 1.165) is 11.8 Å². The molecule has 0 aromatic heterocycles. The predicted octanol–water partition coefficient (Wildman–Crippen LogP) is 3.47. The Hall–Kier alpha value is -0.0400. The van der Waals surface area contributed by atoms with E-state index in [1.165, 1.54) is 19.3 Å². The molecule has 0 saturated heterocycles. The molecule has 1 N–H and O–H groups in total. The molecule has 1 saturated carbocycles. The number of hydrogen-bond donors (Lipinski definition) is 1. The van der Waals surface area contributed by atoms with Gasteiger partial charge in [-0.25, -0.2) is 0 Å². The average molecular weight is 198 g/mol. The summed E-state index contributed by atoms with van der Waals surface area (Å²) in [6, 6.07) is 0. The van der Waals surface area contributed by atoms with Gasteiger partial charge in [0, 0.05) is 0 Å². The maximum Gasteiger partial charge on any atom is 0.0670 e. The van der Waals surface area contributed by atoms with Crippen LogP contribution in [-0.2, 0) is 0 Å². The third-order valence-corrected chi connectivity index (χ3v) is 4.59. The van der Waals surface area contributed by atoms with Crippen LogP contribution < -0.4 is 0 Å². The zero-order valence-corrected chi connectivity index (χ0v) is 10.4. The Balaban J connectivity index is 2.62. The zero-order chi connectivity index (χ0) is 10.9. The van der Waals surface area contributed by atoms with Gasteiger partial charge in [-0.15, -0.1) is 0 Å². The Kier molecular flexibility index (Phi) is 3.63. The number of rotatable bonds is 2. The van der Waals surface area contributed by atoms with Gasteiger partial charge in [-0.1, -0.05) is 34.1 Å². The Morgan fingerprint density at radius 3 is 2.14 bits per heavy atom. The molecule has 0 aromatic rings. The lowest BCUT2D eigenvalue weighted by Crippen LogP contribution is -2.43. The maximum atomic E-state index is 10.4. The Morgan fingerprint density at radius 2 is 1.71 bits per heavy atom. The van der Waals surface area contributed by atoms with Gasteiger partial charge in [0.25, 0.3) is 0 Å². The van der Waals surface area contributed by atoms with Crippen LogP contribution in [0.3, 0.4) is 0 Å². The summed E-state index contributed by atoms with van der Waals surface area (Å²) in [5.74, 6) is 2.50. The van der Waals surface area contributed by atoms with E-state index >= 15 is 0 Å². The molecule has 1 rings (SSSR count). The van der Waals surface area contributed by atoms with Gasteiger partial charge in [-0.2, -0.15) is 0 Å². The van der Waals surface area contributed by atoms with Gasteiger partial charge in [0.05, 0.1) is 5.60 Å². The standard InChI is InChI=1S/C13H26O/c1-9(2)13(5,14)12-7-6-10(3)11(4)8-12/h9-12,14H,6-8H2,1-5H3. The van der Waals surface area contributed by atoms with E-state index in [-0.39, 0.29) is 0 Å². The molecule has 1 aliphatic carbocycles. The molecule has 4 atom stereocenters. The molecule has 0 amide bonds. The highest BCUT2D eigenvalue weighted by Gasteiger charge is 2.38. The highest BCUT2D eigenvalue weighted by molar-refractivity contribution is 4.89. The molecule has 1 heteroatoms. The van der Waals surface area contributed by atoms with Gasteiger partial charge in [-0.05, 0) is 43.4 Å². The van der Waals surface area contributed by atoms with Crippen molar-refractivity contribution in [3.8, 4) is 0 Å².